The summed E-state index contributed by atoms with van der Waals surface area (Å²) in [5.41, 5.74) is 1.54. The summed E-state index contributed by atoms with van der Waals surface area (Å²) in [6.07, 6.45) is 5.21. The number of nitrogens with zero attached hydrogens (tertiary/aromatic N) is 3. The van der Waals surface area contributed by atoms with Gasteiger partial charge in [0.2, 0.25) is 5.91 Å². The Bertz CT molecular complexity index is 1280. The van der Waals surface area contributed by atoms with Gasteiger partial charge in [-0.25, -0.2) is 9.37 Å². The maximum Gasteiger partial charge on any atom is 0.229 e. The number of aromatic nitrogens is 2. The van der Waals surface area contributed by atoms with Crippen LogP contribution in [0.5, 0.6) is 0 Å². The van der Waals surface area contributed by atoms with Gasteiger partial charge in [0.1, 0.15) is 12.0 Å². The Balaban J connectivity index is 1.15. The fourth-order valence-electron chi connectivity index (χ4n) is 5.82. The predicted octanol–water partition coefficient (Wildman–Crippen LogP) is 5.33. The molecule has 2 unspecified atom stereocenters. The van der Waals surface area contributed by atoms with Gasteiger partial charge >= 0.3 is 0 Å². The van der Waals surface area contributed by atoms with Crippen LogP contribution in [0.15, 0.2) is 48.8 Å². The molecule has 1 aliphatic carbocycles. The van der Waals surface area contributed by atoms with Crippen LogP contribution in [0.3, 0.4) is 0 Å². The van der Waals surface area contributed by atoms with Crippen LogP contribution < -0.4 is 5.32 Å². The first-order valence-electron chi connectivity index (χ1n) is 12.7. The van der Waals surface area contributed by atoms with E-state index in [2.05, 4.69) is 26.3 Å². The molecule has 3 aromatic rings. The quantitative estimate of drug-likeness (QED) is 0.504. The first-order valence-corrected chi connectivity index (χ1v) is 13.1. The molecule has 2 aliphatic heterocycles. The number of alkyl halides is 1. The molecule has 2 aromatic heterocycles. The van der Waals surface area contributed by atoms with Gasteiger partial charge in [-0.15, -0.1) is 0 Å². The molecule has 1 aromatic carbocycles. The van der Waals surface area contributed by atoms with Crippen LogP contribution in [0.2, 0.25) is 5.02 Å². The Morgan fingerprint density at radius 3 is 2.75 bits per heavy atom. The molecule has 36 heavy (non-hydrogen) atoms. The normalized spacial score (nSPS) is 28.9. The molecule has 1 N–H and O–H groups in total. The minimum absolute atomic E-state index is 0.0189. The molecule has 3 aliphatic rings. The third-order valence-electron chi connectivity index (χ3n) is 8.27. The van der Waals surface area contributed by atoms with Gasteiger partial charge in [0, 0.05) is 40.3 Å². The molecule has 188 valence electrons. The fraction of sp³-hybridized carbons (Fsp3) is 0.464. The number of carbonyl (C=O) groups is 1. The van der Waals surface area contributed by atoms with Crippen LogP contribution in [-0.2, 0) is 9.53 Å². The highest BCUT2D eigenvalue weighted by Crippen LogP contribution is 2.47. The molecule has 0 radical (unpaired) electrons. The van der Waals surface area contributed by atoms with E-state index in [1.54, 1.807) is 12.4 Å². The number of rotatable bonds is 5. The summed E-state index contributed by atoms with van der Waals surface area (Å²) in [5, 5.41) is 5.66. The molecule has 3 fully saturated rings. The second kappa shape index (κ2) is 9.36. The number of fused-ring (bicyclic) bond motifs is 1. The summed E-state index contributed by atoms with van der Waals surface area (Å²) < 4.78 is 19.9. The number of benzene rings is 1. The molecule has 0 spiro atoms. The van der Waals surface area contributed by atoms with E-state index in [4.69, 9.17) is 16.3 Å². The molecule has 0 bridgehead atoms. The van der Waals surface area contributed by atoms with Crippen LogP contribution in [-0.4, -0.2) is 58.8 Å². The number of hydrogen-bond donors (Lipinski definition) is 1. The van der Waals surface area contributed by atoms with Gasteiger partial charge in [-0.1, -0.05) is 17.7 Å². The molecule has 4 heterocycles. The van der Waals surface area contributed by atoms with Crippen molar-refractivity contribution in [1.29, 1.82) is 0 Å². The Hall–Kier alpha value is -2.61. The molecule has 1 amide bonds. The Labute approximate surface area is 215 Å². The first-order chi connectivity index (χ1) is 17.4. The molecule has 8 heteroatoms. The van der Waals surface area contributed by atoms with Gasteiger partial charge in [0.15, 0.2) is 0 Å². The van der Waals surface area contributed by atoms with Gasteiger partial charge in [-0.3, -0.25) is 14.7 Å². The molecule has 2 saturated heterocycles. The summed E-state index contributed by atoms with van der Waals surface area (Å²) in [6, 6.07) is 11.8. The van der Waals surface area contributed by atoms with Crippen LogP contribution >= 0.6 is 11.6 Å². The summed E-state index contributed by atoms with van der Waals surface area (Å²) >= 11 is 6.70. The fourth-order valence-corrected chi connectivity index (χ4v) is 6.15. The third kappa shape index (κ3) is 4.38. The number of halogens is 2. The van der Waals surface area contributed by atoms with Crippen molar-refractivity contribution >= 4 is 34.1 Å². The predicted molar refractivity (Wildman–Crippen MR) is 138 cm³/mol. The van der Waals surface area contributed by atoms with Gasteiger partial charge in [-0.05, 0) is 86.5 Å². The minimum Gasteiger partial charge on any atom is -0.376 e. The Morgan fingerprint density at radius 1 is 1.19 bits per heavy atom. The molecule has 6 nitrogen and oxygen atoms in total. The second-order valence-corrected chi connectivity index (χ2v) is 11.0. The minimum atomic E-state index is -0.950. The zero-order chi connectivity index (χ0) is 24.9. The standard InChI is InChI=1S/C28H30ClFN4O2/c1-28(16-36-15-25(28)30)34-8-5-17(6-9-34)20-10-18-12-26(32-14-19(18)11-23(20)29)33-27(35)22-13-21(22)24-4-2-3-7-31-24/h2-4,7,10-12,14,17,21-22,25H,5-6,8-9,13,15-16H2,1H3,(H,32,33,35)/t21?,22?,25-,28+/m1/s1. The van der Waals surface area contributed by atoms with Crippen molar-refractivity contribution in [2.45, 2.75) is 49.7 Å². The van der Waals surface area contributed by atoms with E-state index in [9.17, 15) is 9.18 Å². The van der Waals surface area contributed by atoms with Crippen LogP contribution in [0.1, 0.15) is 49.3 Å². The number of ether oxygens (including phenoxy) is 1. The van der Waals surface area contributed by atoms with E-state index in [1.807, 2.05) is 37.3 Å². The highest BCUT2D eigenvalue weighted by atomic mass is 35.5. The number of pyridine rings is 2. The van der Waals surface area contributed by atoms with Crippen molar-refractivity contribution in [3.05, 3.63) is 65.1 Å². The average molecular weight is 509 g/mol. The maximum atomic E-state index is 14.5. The zero-order valence-corrected chi connectivity index (χ0v) is 21.0. The molecule has 1 saturated carbocycles. The van der Waals surface area contributed by atoms with Crippen molar-refractivity contribution in [3.8, 4) is 0 Å². The highest BCUT2D eigenvalue weighted by Gasteiger charge is 2.46. The SMILES string of the molecule is C[C@]1(N2CCC(c3cc4cc(NC(=O)C5CC5c5ccccn5)ncc4cc3Cl)CC2)COC[C@H]1F. The van der Waals surface area contributed by atoms with Crippen LogP contribution in [0.25, 0.3) is 10.8 Å². The van der Waals surface area contributed by atoms with Crippen molar-refractivity contribution in [2.24, 2.45) is 5.92 Å². The number of nitrogens with one attached hydrogen (secondary N) is 1. The van der Waals surface area contributed by atoms with E-state index in [0.29, 0.717) is 18.3 Å². The highest BCUT2D eigenvalue weighted by molar-refractivity contribution is 6.32. The Morgan fingerprint density at radius 2 is 2.03 bits per heavy atom. The number of carbonyl (C=O) groups excluding carboxylic acids is 1. The summed E-state index contributed by atoms with van der Waals surface area (Å²) in [6.45, 7) is 4.23. The maximum absolute atomic E-state index is 14.5. The van der Waals surface area contributed by atoms with E-state index < -0.39 is 11.7 Å². The lowest BCUT2D eigenvalue weighted by atomic mass is 9.85. The van der Waals surface area contributed by atoms with E-state index in [1.165, 1.54) is 0 Å². The van der Waals surface area contributed by atoms with Crippen molar-refractivity contribution in [3.63, 3.8) is 0 Å². The second-order valence-electron chi connectivity index (χ2n) is 10.6. The summed E-state index contributed by atoms with van der Waals surface area (Å²) in [5.74, 6) is 0.937. The number of amides is 1. The average Bonchev–Trinajstić information content (AvgIpc) is 3.63. The third-order valence-corrected chi connectivity index (χ3v) is 8.60. The lowest BCUT2D eigenvalue weighted by molar-refractivity contribution is -0.117. The number of anilines is 1. The smallest absolute Gasteiger partial charge is 0.229 e. The van der Waals surface area contributed by atoms with Gasteiger partial charge in [0.25, 0.3) is 0 Å². The van der Waals surface area contributed by atoms with Gasteiger partial charge in [0.05, 0.1) is 18.8 Å². The van der Waals surface area contributed by atoms with Crippen LogP contribution in [0, 0.1) is 5.92 Å². The number of piperidine rings is 1. The molecular formula is C28H30ClFN4O2. The number of hydrogen-bond acceptors (Lipinski definition) is 5. The van der Waals surface area contributed by atoms with Gasteiger partial charge in [-0.2, -0.15) is 0 Å². The topological polar surface area (TPSA) is 67.4 Å². The summed E-state index contributed by atoms with van der Waals surface area (Å²) in [4.78, 5) is 23.9. The monoisotopic (exact) mass is 508 g/mol. The first kappa shape index (κ1) is 23.8. The summed E-state index contributed by atoms with van der Waals surface area (Å²) in [7, 11) is 0. The van der Waals surface area contributed by atoms with Crippen LogP contribution in [0.4, 0.5) is 10.2 Å². The van der Waals surface area contributed by atoms with E-state index in [-0.39, 0.29) is 24.3 Å². The van der Waals surface area contributed by atoms with E-state index in [0.717, 1.165) is 59.4 Å². The molecular weight excluding hydrogens is 479 g/mol. The Kier molecular flexibility index (Phi) is 6.18. The molecule has 6 rings (SSSR count). The lowest BCUT2D eigenvalue weighted by Crippen LogP contribution is -2.55. The van der Waals surface area contributed by atoms with Crippen molar-refractivity contribution in [1.82, 2.24) is 14.9 Å². The lowest BCUT2D eigenvalue weighted by Gasteiger charge is -2.43. The van der Waals surface area contributed by atoms with Gasteiger partial charge < -0.3 is 10.1 Å². The van der Waals surface area contributed by atoms with E-state index >= 15 is 0 Å². The van der Waals surface area contributed by atoms with Crippen molar-refractivity contribution in [2.75, 3.05) is 31.6 Å². The largest absolute Gasteiger partial charge is 0.376 e. The molecule has 4 atom stereocenters. The van der Waals surface area contributed by atoms with Crippen molar-refractivity contribution < 1.29 is 13.9 Å². The zero-order valence-electron chi connectivity index (χ0n) is 20.3. The number of likely N-dealkylation sites (tertiary alicyclic amines) is 1.